The maximum Gasteiger partial charge on any atom is 2.00 e. The molecule has 0 unspecified atom stereocenters. The second-order valence-corrected chi connectivity index (χ2v) is 0. The van der Waals surface area contributed by atoms with Gasteiger partial charge in [-0.2, -0.15) is 0 Å². The first-order valence-electron chi connectivity index (χ1n) is 0.816. The summed E-state index contributed by atoms with van der Waals surface area (Å²) in [7, 11) is 0. The van der Waals surface area contributed by atoms with Crippen LogP contribution in [0.25, 0.3) is 0 Å². The second-order valence-electron chi connectivity index (χ2n) is 0. The first-order chi connectivity index (χ1) is 4.00. The van der Waals surface area contributed by atoms with E-state index in [9.17, 15) is 0 Å². The Balaban J connectivity index is -0.00000000356. The molecule has 0 spiro atoms. The molecule has 0 aliphatic carbocycles. The zero-order valence-corrected chi connectivity index (χ0v) is 8.63. The molecule has 7 heteroatoms. The van der Waals surface area contributed by atoms with Crippen LogP contribution in [0.15, 0.2) is 0 Å². The Hall–Kier alpha value is -0.0906. The molecule has 0 saturated heterocycles. The topological polar surface area (TPSA) is 68.3 Å². The van der Waals surface area contributed by atoms with Crippen molar-refractivity contribution in [3.8, 4) is 0 Å². The van der Waals surface area contributed by atoms with Gasteiger partial charge in [0.15, 0.2) is 0 Å². The third kappa shape index (κ3) is 75400. The summed E-state index contributed by atoms with van der Waals surface area (Å²) in [5.74, 6) is 0. The largest absolute Gasteiger partial charge is 2.00 e. The van der Waals surface area contributed by atoms with E-state index in [2.05, 4.69) is 27.2 Å². The van der Waals surface area contributed by atoms with Crippen LogP contribution in [-0.2, 0) is 39.3 Å². The molecule has 0 aromatic rings. The van der Waals surface area contributed by atoms with Crippen molar-refractivity contribution >= 4 is 27.2 Å². The fourth-order valence-electron chi connectivity index (χ4n) is 0. The molecule has 0 saturated carbocycles. The molecule has 0 heterocycles. The minimum Gasteiger partial charge on any atom is -1.00 e. The molecule has 0 aromatic heterocycles. The molecule has 0 amide bonds. The molecule has 0 N–H and O–H groups in total. The van der Waals surface area contributed by atoms with Gasteiger partial charge in [0, 0.05) is 0 Å². The van der Waals surface area contributed by atoms with Crippen molar-refractivity contribution in [2.45, 2.75) is 0 Å². The minimum atomic E-state index is 0. The molecule has 0 aromatic carbocycles. The Morgan fingerprint density at radius 3 is 0.455 bits per heavy atom. The summed E-state index contributed by atoms with van der Waals surface area (Å²) in [6.07, 6.45) is 0. The van der Waals surface area contributed by atoms with E-state index in [-0.39, 0.29) is 44.9 Å². The Morgan fingerprint density at radius 1 is 0.455 bits per heavy atom. The fourth-order valence-corrected chi connectivity index (χ4v) is 0. The smallest absolute Gasteiger partial charge is 1.00 e. The molecular weight excluding hydrogens is 375 g/mol. The van der Waals surface area contributed by atoms with E-state index < -0.39 is 0 Å². The SMILES string of the molecule is [C]=O.[C]=O.[C]=O.[C]=O.[Cl-].[Cl-].[Ir+2]. The summed E-state index contributed by atoms with van der Waals surface area (Å²) in [5, 5.41) is 0. The number of hydrogen-bond acceptors (Lipinski definition) is 4. The normalized spacial score (nSPS) is 1.45. The molecule has 0 atom stereocenters. The van der Waals surface area contributed by atoms with Crippen molar-refractivity contribution < 1.29 is 64.1 Å². The van der Waals surface area contributed by atoms with Crippen molar-refractivity contribution in [1.82, 2.24) is 0 Å². The first kappa shape index (κ1) is 70.1. The van der Waals surface area contributed by atoms with E-state index in [0.29, 0.717) is 0 Å². The predicted molar refractivity (Wildman–Crippen MR) is 22.8 cm³/mol. The number of halogens is 2. The van der Waals surface area contributed by atoms with Gasteiger partial charge in [-0.05, 0) is 0 Å². The van der Waals surface area contributed by atoms with Crippen LogP contribution in [0.5, 0.6) is 0 Å². The van der Waals surface area contributed by atoms with Gasteiger partial charge in [0.2, 0.25) is 0 Å². The number of carbonyl (C=O) groups excluding carboxylic acids is 4. The molecule has 0 bridgehead atoms. The van der Waals surface area contributed by atoms with Crippen LogP contribution in [0.4, 0.5) is 0 Å². The monoisotopic (exact) mass is 375 g/mol. The van der Waals surface area contributed by atoms with Gasteiger partial charge in [-0.3, -0.25) is 19.2 Å². The molecule has 63 valence electrons. The van der Waals surface area contributed by atoms with Crippen molar-refractivity contribution in [3.05, 3.63) is 0 Å². The Bertz CT molecular complexity index is 28.1. The van der Waals surface area contributed by atoms with Crippen LogP contribution in [0.1, 0.15) is 0 Å². The summed E-state index contributed by atoms with van der Waals surface area (Å²) in [6, 6.07) is 0. The van der Waals surface area contributed by atoms with Crippen LogP contribution in [-0.4, -0.2) is 27.2 Å². The standard InChI is InChI=1S/4CO.2ClH.Ir/c4*1-2;;;/h;;;;2*1H;/q;;;;;;+2/p-2. The zero-order valence-electron chi connectivity index (χ0n) is 4.72. The fraction of sp³-hybridized carbons (Fsp3) is 0. The van der Waals surface area contributed by atoms with Gasteiger partial charge in [-0.25, -0.2) is 0 Å². The van der Waals surface area contributed by atoms with Crippen molar-refractivity contribution in [2.24, 2.45) is 0 Å². The third-order valence-electron chi connectivity index (χ3n) is 0. The van der Waals surface area contributed by atoms with Crippen LogP contribution in [0.2, 0.25) is 0 Å². The van der Waals surface area contributed by atoms with E-state index in [0.717, 1.165) is 0 Å². The summed E-state index contributed by atoms with van der Waals surface area (Å²) in [5.41, 5.74) is 0. The Morgan fingerprint density at radius 2 is 0.455 bits per heavy atom. The molecule has 11 heavy (non-hydrogen) atoms. The van der Waals surface area contributed by atoms with E-state index in [1.165, 1.54) is 0 Å². The van der Waals surface area contributed by atoms with Crippen molar-refractivity contribution in [3.63, 3.8) is 0 Å². The molecule has 0 fully saturated rings. The Kier molecular flexibility index (Phi) is 610000. The van der Waals surface area contributed by atoms with Gasteiger partial charge in [0.05, 0.1) is 0 Å². The van der Waals surface area contributed by atoms with Gasteiger partial charge in [0.25, 0.3) is 27.2 Å². The summed E-state index contributed by atoms with van der Waals surface area (Å²) >= 11 is 0. The van der Waals surface area contributed by atoms with E-state index in [4.69, 9.17) is 19.2 Å². The second kappa shape index (κ2) is 95700. The van der Waals surface area contributed by atoms with E-state index >= 15 is 0 Å². The zero-order chi connectivity index (χ0) is 8.00. The molecule has 0 aliphatic heterocycles. The van der Waals surface area contributed by atoms with Crippen molar-refractivity contribution in [2.75, 3.05) is 0 Å². The summed E-state index contributed by atoms with van der Waals surface area (Å²) in [4.78, 5) is 30.0. The van der Waals surface area contributed by atoms with Crippen LogP contribution in [0.3, 0.4) is 0 Å². The Labute approximate surface area is 91.3 Å². The third-order valence-corrected chi connectivity index (χ3v) is 0. The molecule has 4 nitrogen and oxygen atoms in total. The first-order valence-corrected chi connectivity index (χ1v) is 0.816. The van der Waals surface area contributed by atoms with E-state index in [1.807, 2.05) is 0 Å². The van der Waals surface area contributed by atoms with Gasteiger partial charge < -0.3 is 24.8 Å². The molecule has 9 radical (unpaired) electrons. The van der Waals surface area contributed by atoms with Gasteiger partial charge in [-0.15, -0.1) is 0 Å². The average molecular weight is 375 g/mol. The van der Waals surface area contributed by atoms with Crippen LogP contribution >= 0.6 is 0 Å². The van der Waals surface area contributed by atoms with Gasteiger partial charge in [-0.1, -0.05) is 0 Å². The van der Waals surface area contributed by atoms with E-state index in [1.54, 1.807) is 0 Å². The quantitative estimate of drug-likeness (QED) is 0.422. The van der Waals surface area contributed by atoms with Crippen molar-refractivity contribution in [1.29, 1.82) is 0 Å². The predicted octanol–water partition coefficient (Wildman–Crippen LogP) is -7.58. The minimum absolute atomic E-state index is 0. The molecule has 0 aliphatic rings. The maximum atomic E-state index is 7.50. The maximum absolute atomic E-state index is 7.50. The molecular formula is C4Cl2IrO4. The number of hydrogen-bond donors (Lipinski definition) is 0. The summed E-state index contributed by atoms with van der Waals surface area (Å²) < 4.78 is 0. The average Bonchev–Trinajstić information content (AvgIpc) is 2.03. The number of rotatable bonds is 0. The van der Waals surface area contributed by atoms with Crippen LogP contribution < -0.4 is 24.8 Å². The summed E-state index contributed by atoms with van der Waals surface area (Å²) in [6.45, 7) is 18.0. The van der Waals surface area contributed by atoms with Gasteiger partial charge >= 0.3 is 20.1 Å². The van der Waals surface area contributed by atoms with Crippen LogP contribution in [0, 0.1) is 0 Å². The van der Waals surface area contributed by atoms with Gasteiger partial charge in [0.1, 0.15) is 0 Å². The molecule has 0 rings (SSSR count).